The number of nitrogens with zero attached hydrogens (tertiary/aromatic N) is 1. The summed E-state index contributed by atoms with van der Waals surface area (Å²) in [7, 11) is 0. The van der Waals surface area contributed by atoms with E-state index in [4.69, 9.17) is 5.73 Å². The molecule has 2 N–H and O–H groups in total. The molecule has 1 atom stereocenters. The molecular weight excluding hydrogens is 220 g/mol. The van der Waals surface area contributed by atoms with Gasteiger partial charge in [-0.25, -0.2) is 0 Å². The maximum absolute atomic E-state index is 12.1. The van der Waals surface area contributed by atoms with Crippen LogP contribution in [-0.2, 0) is 4.79 Å². The zero-order chi connectivity index (χ0) is 11.4. The van der Waals surface area contributed by atoms with Gasteiger partial charge in [0.2, 0.25) is 5.91 Å². The summed E-state index contributed by atoms with van der Waals surface area (Å²) in [6.07, 6.45) is 0. The van der Waals surface area contributed by atoms with Gasteiger partial charge in [-0.15, -0.1) is 0 Å². The Balaban J connectivity index is 2.04. The number of rotatable bonds is 2. The highest BCUT2D eigenvalue weighted by molar-refractivity contribution is 7.99. The van der Waals surface area contributed by atoms with Crippen LogP contribution >= 0.6 is 11.8 Å². The second-order valence-electron chi connectivity index (χ2n) is 3.83. The van der Waals surface area contributed by atoms with E-state index in [0.717, 1.165) is 30.2 Å². The van der Waals surface area contributed by atoms with Crippen LogP contribution in [0.25, 0.3) is 0 Å². The Morgan fingerprint density at radius 1 is 1.25 bits per heavy atom. The third kappa shape index (κ3) is 2.57. The van der Waals surface area contributed by atoms with Gasteiger partial charge in [-0.05, 0) is 5.56 Å². The molecule has 3 nitrogen and oxygen atoms in total. The molecule has 16 heavy (non-hydrogen) atoms. The molecule has 0 aliphatic carbocycles. The zero-order valence-corrected chi connectivity index (χ0v) is 9.95. The molecule has 4 heteroatoms. The SMILES string of the molecule is NC(C(=O)N1CCSCC1)c1ccccc1. The van der Waals surface area contributed by atoms with Crippen molar-refractivity contribution in [1.29, 1.82) is 0 Å². The molecule has 1 amide bonds. The second kappa shape index (κ2) is 5.37. The number of hydrogen-bond donors (Lipinski definition) is 1. The number of hydrogen-bond acceptors (Lipinski definition) is 3. The molecule has 86 valence electrons. The van der Waals surface area contributed by atoms with Gasteiger partial charge in [0.1, 0.15) is 6.04 Å². The quantitative estimate of drug-likeness (QED) is 0.841. The number of amides is 1. The molecule has 1 saturated heterocycles. The molecule has 0 saturated carbocycles. The van der Waals surface area contributed by atoms with E-state index < -0.39 is 6.04 Å². The molecule has 2 rings (SSSR count). The summed E-state index contributed by atoms with van der Waals surface area (Å²) in [5.74, 6) is 2.09. The average molecular weight is 236 g/mol. The molecule has 0 aromatic heterocycles. The van der Waals surface area contributed by atoms with Gasteiger partial charge in [-0.2, -0.15) is 11.8 Å². The van der Waals surface area contributed by atoms with E-state index in [-0.39, 0.29) is 5.91 Å². The van der Waals surface area contributed by atoms with Crippen molar-refractivity contribution in [2.75, 3.05) is 24.6 Å². The lowest BCUT2D eigenvalue weighted by atomic mass is 10.1. The monoisotopic (exact) mass is 236 g/mol. The van der Waals surface area contributed by atoms with E-state index in [1.807, 2.05) is 47.0 Å². The molecular formula is C12H16N2OS. The Morgan fingerprint density at radius 3 is 2.50 bits per heavy atom. The second-order valence-corrected chi connectivity index (χ2v) is 5.05. The Hall–Kier alpha value is -1.00. The molecule has 0 radical (unpaired) electrons. The first-order valence-electron chi connectivity index (χ1n) is 5.46. The topological polar surface area (TPSA) is 46.3 Å². The minimum Gasteiger partial charge on any atom is -0.339 e. The molecule has 1 aliphatic rings. The number of nitrogens with two attached hydrogens (primary N) is 1. The fourth-order valence-corrected chi connectivity index (χ4v) is 2.69. The maximum atomic E-state index is 12.1. The largest absolute Gasteiger partial charge is 0.339 e. The predicted molar refractivity (Wildman–Crippen MR) is 67.3 cm³/mol. The van der Waals surface area contributed by atoms with Crippen LogP contribution in [0.5, 0.6) is 0 Å². The van der Waals surface area contributed by atoms with Crippen LogP contribution in [0.1, 0.15) is 11.6 Å². The Kier molecular flexibility index (Phi) is 3.85. The summed E-state index contributed by atoms with van der Waals surface area (Å²) in [5.41, 5.74) is 6.87. The molecule has 1 heterocycles. The Morgan fingerprint density at radius 2 is 1.88 bits per heavy atom. The molecule has 1 fully saturated rings. The molecule has 1 aliphatic heterocycles. The van der Waals surface area contributed by atoms with Gasteiger partial charge in [0.25, 0.3) is 0 Å². The van der Waals surface area contributed by atoms with Crippen molar-refractivity contribution >= 4 is 17.7 Å². The predicted octanol–water partition coefficient (Wildman–Crippen LogP) is 1.26. The van der Waals surface area contributed by atoms with Crippen molar-refractivity contribution in [1.82, 2.24) is 4.90 Å². The highest BCUT2D eigenvalue weighted by Gasteiger charge is 2.23. The fraction of sp³-hybridized carbons (Fsp3) is 0.417. The summed E-state index contributed by atoms with van der Waals surface area (Å²) in [6, 6.07) is 9.05. The van der Waals surface area contributed by atoms with Crippen LogP contribution in [0.3, 0.4) is 0 Å². The summed E-state index contributed by atoms with van der Waals surface area (Å²) in [4.78, 5) is 14.0. The van der Waals surface area contributed by atoms with Crippen LogP contribution in [0.15, 0.2) is 30.3 Å². The Labute approximate surface area is 100.0 Å². The summed E-state index contributed by atoms with van der Waals surface area (Å²) >= 11 is 1.89. The van der Waals surface area contributed by atoms with E-state index in [0.29, 0.717) is 0 Å². The molecule has 0 spiro atoms. The summed E-state index contributed by atoms with van der Waals surface area (Å²) in [6.45, 7) is 1.65. The molecule has 0 bridgehead atoms. The lowest BCUT2D eigenvalue weighted by molar-refractivity contribution is -0.132. The van der Waals surface area contributed by atoms with Crippen molar-refractivity contribution in [3.63, 3.8) is 0 Å². The number of benzene rings is 1. The maximum Gasteiger partial charge on any atom is 0.244 e. The lowest BCUT2D eigenvalue weighted by Crippen LogP contribution is -2.43. The zero-order valence-electron chi connectivity index (χ0n) is 9.13. The number of thioether (sulfide) groups is 1. The standard InChI is InChI=1S/C12H16N2OS/c13-11(10-4-2-1-3-5-10)12(15)14-6-8-16-9-7-14/h1-5,11H,6-9,13H2. The molecule has 1 aromatic rings. The van der Waals surface area contributed by atoms with Crippen LogP contribution in [0.4, 0.5) is 0 Å². The minimum atomic E-state index is -0.510. The van der Waals surface area contributed by atoms with Crippen LogP contribution < -0.4 is 5.73 Å². The highest BCUT2D eigenvalue weighted by Crippen LogP contribution is 2.16. The van der Waals surface area contributed by atoms with Gasteiger partial charge in [0.15, 0.2) is 0 Å². The van der Waals surface area contributed by atoms with Gasteiger partial charge in [0.05, 0.1) is 0 Å². The van der Waals surface area contributed by atoms with Crippen LogP contribution in [0.2, 0.25) is 0 Å². The first kappa shape index (κ1) is 11.5. The number of carbonyl (C=O) groups is 1. The van der Waals surface area contributed by atoms with Crippen molar-refractivity contribution < 1.29 is 4.79 Å². The van der Waals surface area contributed by atoms with Crippen molar-refractivity contribution in [2.45, 2.75) is 6.04 Å². The Bertz CT molecular complexity index is 349. The van der Waals surface area contributed by atoms with Gasteiger partial charge in [0, 0.05) is 24.6 Å². The average Bonchev–Trinajstić information content (AvgIpc) is 2.39. The van der Waals surface area contributed by atoms with E-state index in [1.54, 1.807) is 0 Å². The van der Waals surface area contributed by atoms with Gasteiger partial charge >= 0.3 is 0 Å². The van der Waals surface area contributed by atoms with Gasteiger partial charge in [-0.3, -0.25) is 4.79 Å². The molecule has 1 unspecified atom stereocenters. The van der Waals surface area contributed by atoms with Crippen LogP contribution in [0, 0.1) is 0 Å². The van der Waals surface area contributed by atoms with Crippen molar-refractivity contribution in [2.24, 2.45) is 5.73 Å². The van der Waals surface area contributed by atoms with Gasteiger partial charge in [-0.1, -0.05) is 30.3 Å². The van der Waals surface area contributed by atoms with Gasteiger partial charge < -0.3 is 10.6 Å². The van der Waals surface area contributed by atoms with E-state index in [2.05, 4.69) is 0 Å². The minimum absolute atomic E-state index is 0.0477. The third-order valence-electron chi connectivity index (χ3n) is 2.75. The van der Waals surface area contributed by atoms with Crippen molar-refractivity contribution in [3.8, 4) is 0 Å². The molecule has 1 aromatic carbocycles. The smallest absolute Gasteiger partial charge is 0.244 e. The summed E-state index contributed by atoms with van der Waals surface area (Å²) < 4.78 is 0. The van der Waals surface area contributed by atoms with E-state index >= 15 is 0 Å². The third-order valence-corrected chi connectivity index (χ3v) is 3.69. The lowest BCUT2D eigenvalue weighted by Gasteiger charge is -2.28. The first-order chi connectivity index (χ1) is 7.79. The first-order valence-corrected chi connectivity index (χ1v) is 6.61. The van der Waals surface area contributed by atoms with Crippen LogP contribution in [-0.4, -0.2) is 35.4 Å². The fourth-order valence-electron chi connectivity index (χ4n) is 1.78. The van der Waals surface area contributed by atoms with E-state index in [9.17, 15) is 4.79 Å². The number of carbonyl (C=O) groups excluding carboxylic acids is 1. The summed E-state index contributed by atoms with van der Waals surface area (Å²) in [5, 5.41) is 0. The normalized spacial score (nSPS) is 18.2. The van der Waals surface area contributed by atoms with E-state index in [1.165, 1.54) is 0 Å². The highest BCUT2D eigenvalue weighted by atomic mass is 32.2. The van der Waals surface area contributed by atoms with Crippen molar-refractivity contribution in [3.05, 3.63) is 35.9 Å².